The SMILES string of the molecule is C#CC(CC)N(C)C1CCCC1CN. The highest BCUT2D eigenvalue weighted by molar-refractivity contribution is 5.01. The van der Waals surface area contributed by atoms with Gasteiger partial charge in [0.1, 0.15) is 0 Å². The number of nitrogens with zero attached hydrogens (tertiary/aromatic N) is 1. The van der Waals surface area contributed by atoms with E-state index in [0.29, 0.717) is 12.0 Å². The van der Waals surface area contributed by atoms with Crippen molar-refractivity contribution in [1.82, 2.24) is 4.90 Å². The average Bonchev–Trinajstić information content (AvgIpc) is 2.67. The highest BCUT2D eigenvalue weighted by Gasteiger charge is 2.31. The zero-order valence-corrected chi connectivity index (χ0v) is 9.37. The van der Waals surface area contributed by atoms with E-state index in [2.05, 4.69) is 24.8 Å². The molecule has 0 amide bonds. The van der Waals surface area contributed by atoms with Crippen LogP contribution in [0.3, 0.4) is 0 Å². The Hall–Kier alpha value is -0.520. The van der Waals surface area contributed by atoms with Crippen LogP contribution in [0, 0.1) is 18.3 Å². The van der Waals surface area contributed by atoms with Gasteiger partial charge in [-0.3, -0.25) is 4.90 Å². The molecule has 0 aromatic heterocycles. The second-order valence-electron chi connectivity index (χ2n) is 4.25. The summed E-state index contributed by atoms with van der Waals surface area (Å²) >= 11 is 0. The lowest BCUT2D eigenvalue weighted by molar-refractivity contribution is 0.168. The fourth-order valence-corrected chi connectivity index (χ4v) is 2.58. The minimum Gasteiger partial charge on any atom is -0.330 e. The molecule has 80 valence electrons. The van der Waals surface area contributed by atoms with Gasteiger partial charge in [0.15, 0.2) is 0 Å². The van der Waals surface area contributed by atoms with Gasteiger partial charge in [-0.15, -0.1) is 6.42 Å². The number of terminal acetylenes is 1. The number of nitrogens with two attached hydrogens (primary N) is 1. The summed E-state index contributed by atoms with van der Waals surface area (Å²) in [5.74, 6) is 3.51. The normalized spacial score (nSPS) is 29.1. The Balaban J connectivity index is 2.59. The van der Waals surface area contributed by atoms with Gasteiger partial charge in [0, 0.05) is 6.04 Å². The van der Waals surface area contributed by atoms with Crippen molar-refractivity contribution in [3.63, 3.8) is 0 Å². The molecule has 1 aliphatic rings. The maximum absolute atomic E-state index is 5.77. The Morgan fingerprint density at radius 1 is 1.57 bits per heavy atom. The first-order valence-electron chi connectivity index (χ1n) is 5.62. The van der Waals surface area contributed by atoms with Crippen molar-refractivity contribution in [2.75, 3.05) is 13.6 Å². The summed E-state index contributed by atoms with van der Waals surface area (Å²) in [5.41, 5.74) is 5.77. The van der Waals surface area contributed by atoms with Crippen LogP contribution in [0.5, 0.6) is 0 Å². The molecule has 0 aromatic rings. The Labute approximate surface area is 87.8 Å². The Bertz CT molecular complexity index is 207. The van der Waals surface area contributed by atoms with E-state index in [4.69, 9.17) is 12.2 Å². The van der Waals surface area contributed by atoms with Gasteiger partial charge in [0.05, 0.1) is 6.04 Å². The molecule has 2 nitrogen and oxygen atoms in total. The summed E-state index contributed by atoms with van der Waals surface area (Å²) in [6.45, 7) is 2.95. The molecule has 0 heterocycles. The standard InChI is InChI=1S/C12H22N2/c1-4-11(5-2)14(3)12-8-6-7-10(12)9-13/h1,10-12H,5-9,13H2,2-3H3. The van der Waals surface area contributed by atoms with Gasteiger partial charge in [0.25, 0.3) is 0 Å². The second-order valence-corrected chi connectivity index (χ2v) is 4.25. The van der Waals surface area contributed by atoms with E-state index in [0.717, 1.165) is 13.0 Å². The summed E-state index contributed by atoms with van der Waals surface area (Å²) in [6.07, 6.45) is 10.4. The molecule has 0 saturated heterocycles. The summed E-state index contributed by atoms with van der Waals surface area (Å²) < 4.78 is 0. The minimum atomic E-state index is 0.284. The lowest BCUT2D eigenvalue weighted by atomic mass is 10.0. The van der Waals surface area contributed by atoms with E-state index in [9.17, 15) is 0 Å². The fraction of sp³-hybridized carbons (Fsp3) is 0.833. The van der Waals surface area contributed by atoms with E-state index < -0.39 is 0 Å². The van der Waals surface area contributed by atoms with Crippen molar-refractivity contribution >= 4 is 0 Å². The minimum absolute atomic E-state index is 0.284. The van der Waals surface area contributed by atoms with Crippen LogP contribution in [0.4, 0.5) is 0 Å². The molecule has 2 N–H and O–H groups in total. The molecular weight excluding hydrogens is 172 g/mol. The lowest BCUT2D eigenvalue weighted by Gasteiger charge is -2.32. The van der Waals surface area contributed by atoms with Crippen LogP contribution in [-0.2, 0) is 0 Å². The van der Waals surface area contributed by atoms with Crippen LogP contribution in [0.25, 0.3) is 0 Å². The molecule has 0 spiro atoms. The van der Waals surface area contributed by atoms with E-state index in [1.165, 1.54) is 19.3 Å². The first-order chi connectivity index (χ1) is 6.74. The smallest absolute Gasteiger partial charge is 0.0709 e. The molecule has 1 rings (SSSR count). The van der Waals surface area contributed by atoms with Crippen molar-refractivity contribution in [1.29, 1.82) is 0 Å². The maximum Gasteiger partial charge on any atom is 0.0709 e. The summed E-state index contributed by atoms with van der Waals surface area (Å²) in [5, 5.41) is 0. The van der Waals surface area contributed by atoms with Crippen LogP contribution in [0.2, 0.25) is 0 Å². The number of hydrogen-bond acceptors (Lipinski definition) is 2. The van der Waals surface area contributed by atoms with E-state index in [-0.39, 0.29) is 6.04 Å². The maximum atomic E-state index is 5.77. The topological polar surface area (TPSA) is 29.3 Å². The Morgan fingerprint density at radius 3 is 2.79 bits per heavy atom. The van der Waals surface area contributed by atoms with Crippen molar-refractivity contribution in [2.24, 2.45) is 11.7 Å². The molecular formula is C12H22N2. The zero-order chi connectivity index (χ0) is 10.6. The first kappa shape index (κ1) is 11.6. The van der Waals surface area contributed by atoms with E-state index >= 15 is 0 Å². The van der Waals surface area contributed by atoms with Gasteiger partial charge < -0.3 is 5.73 Å². The Kier molecular flexibility index (Phi) is 4.44. The molecule has 0 aliphatic heterocycles. The third-order valence-corrected chi connectivity index (χ3v) is 3.52. The molecule has 14 heavy (non-hydrogen) atoms. The molecule has 0 bridgehead atoms. The molecule has 1 saturated carbocycles. The molecule has 0 aromatic carbocycles. The molecule has 0 radical (unpaired) electrons. The van der Waals surface area contributed by atoms with Crippen LogP contribution >= 0.6 is 0 Å². The van der Waals surface area contributed by atoms with Crippen molar-refractivity contribution in [2.45, 2.75) is 44.7 Å². The summed E-state index contributed by atoms with van der Waals surface area (Å²) in [7, 11) is 2.15. The van der Waals surface area contributed by atoms with Crippen LogP contribution in [0.1, 0.15) is 32.6 Å². The van der Waals surface area contributed by atoms with Gasteiger partial charge in [-0.05, 0) is 38.8 Å². The molecule has 3 atom stereocenters. The third-order valence-electron chi connectivity index (χ3n) is 3.52. The van der Waals surface area contributed by atoms with Crippen LogP contribution < -0.4 is 5.73 Å². The number of rotatable bonds is 4. The molecule has 1 fully saturated rings. The fourth-order valence-electron chi connectivity index (χ4n) is 2.58. The monoisotopic (exact) mass is 194 g/mol. The van der Waals surface area contributed by atoms with Crippen molar-refractivity contribution < 1.29 is 0 Å². The predicted molar refractivity (Wildman–Crippen MR) is 60.9 cm³/mol. The average molecular weight is 194 g/mol. The third kappa shape index (κ3) is 2.29. The van der Waals surface area contributed by atoms with E-state index in [1.54, 1.807) is 0 Å². The zero-order valence-electron chi connectivity index (χ0n) is 9.37. The van der Waals surface area contributed by atoms with Crippen LogP contribution in [0.15, 0.2) is 0 Å². The summed E-state index contributed by atoms with van der Waals surface area (Å²) in [6, 6.07) is 0.896. The molecule has 3 unspecified atom stereocenters. The van der Waals surface area contributed by atoms with Gasteiger partial charge in [-0.25, -0.2) is 0 Å². The second kappa shape index (κ2) is 5.38. The van der Waals surface area contributed by atoms with Gasteiger partial charge >= 0.3 is 0 Å². The van der Waals surface area contributed by atoms with Crippen molar-refractivity contribution in [3.8, 4) is 12.3 Å². The molecule has 2 heteroatoms. The largest absolute Gasteiger partial charge is 0.330 e. The molecule has 1 aliphatic carbocycles. The Morgan fingerprint density at radius 2 is 2.29 bits per heavy atom. The lowest BCUT2D eigenvalue weighted by Crippen LogP contribution is -2.43. The van der Waals surface area contributed by atoms with E-state index in [1.807, 2.05) is 0 Å². The first-order valence-corrected chi connectivity index (χ1v) is 5.62. The summed E-state index contributed by atoms with van der Waals surface area (Å²) in [4.78, 5) is 2.35. The van der Waals surface area contributed by atoms with Gasteiger partial charge in [-0.1, -0.05) is 19.3 Å². The number of hydrogen-bond donors (Lipinski definition) is 1. The van der Waals surface area contributed by atoms with Gasteiger partial charge in [-0.2, -0.15) is 0 Å². The van der Waals surface area contributed by atoms with Crippen LogP contribution in [-0.4, -0.2) is 30.6 Å². The highest BCUT2D eigenvalue weighted by Crippen LogP contribution is 2.29. The predicted octanol–water partition coefficient (Wildman–Crippen LogP) is 1.46. The van der Waals surface area contributed by atoms with Crippen molar-refractivity contribution in [3.05, 3.63) is 0 Å². The quantitative estimate of drug-likeness (QED) is 0.686. The highest BCUT2D eigenvalue weighted by atomic mass is 15.2. The van der Waals surface area contributed by atoms with Gasteiger partial charge in [0.2, 0.25) is 0 Å².